The number of carbonyl (C=O) groups excluding carboxylic acids is 1. The highest BCUT2D eigenvalue weighted by molar-refractivity contribution is 7.89. The molecule has 1 aromatic rings. The topological polar surface area (TPSA) is 95.2 Å². The largest absolute Gasteiger partial charge is 0.351 e. The lowest BCUT2D eigenvalue weighted by atomic mass is 10.2. The number of H-pyrrole nitrogens is 1. The number of hydrogen-bond acceptors (Lipinski definition) is 4. The monoisotopic (exact) mass is 300 g/mol. The minimum atomic E-state index is -3.32. The van der Waals surface area contributed by atoms with Crippen molar-refractivity contribution in [2.75, 3.05) is 12.3 Å². The summed E-state index contributed by atoms with van der Waals surface area (Å²) >= 11 is 0. The van der Waals surface area contributed by atoms with E-state index in [1.807, 2.05) is 6.92 Å². The van der Waals surface area contributed by atoms with Gasteiger partial charge in [-0.2, -0.15) is 9.40 Å². The molecule has 2 heterocycles. The van der Waals surface area contributed by atoms with Gasteiger partial charge >= 0.3 is 0 Å². The molecule has 2 rings (SSSR count). The van der Waals surface area contributed by atoms with Crippen molar-refractivity contribution in [3.05, 3.63) is 18.0 Å². The Hall–Kier alpha value is -1.41. The molecule has 1 amide bonds. The number of nitrogens with zero attached hydrogens (tertiary/aromatic N) is 2. The molecule has 0 spiro atoms. The SMILES string of the molecule is CCCS(=O)(=O)N1CCCC1C(=O)NCc1cn[nH]c1. The van der Waals surface area contributed by atoms with Crippen LogP contribution in [0.3, 0.4) is 0 Å². The third-order valence-corrected chi connectivity index (χ3v) is 5.42. The second-order valence-electron chi connectivity index (χ2n) is 4.91. The first-order valence-electron chi connectivity index (χ1n) is 6.79. The number of hydrogen-bond donors (Lipinski definition) is 2. The zero-order valence-corrected chi connectivity index (χ0v) is 12.3. The molecule has 0 aliphatic carbocycles. The van der Waals surface area contributed by atoms with Gasteiger partial charge in [0.05, 0.1) is 11.9 Å². The Morgan fingerprint density at radius 1 is 1.60 bits per heavy atom. The predicted molar refractivity (Wildman–Crippen MR) is 74.2 cm³/mol. The molecule has 1 aliphatic rings. The van der Waals surface area contributed by atoms with Crippen molar-refractivity contribution in [1.29, 1.82) is 0 Å². The molecule has 1 saturated heterocycles. The van der Waals surface area contributed by atoms with Gasteiger partial charge in [-0.1, -0.05) is 6.92 Å². The lowest BCUT2D eigenvalue weighted by Gasteiger charge is -2.23. The summed E-state index contributed by atoms with van der Waals surface area (Å²) in [6.07, 6.45) is 5.19. The molecule has 0 bridgehead atoms. The average molecular weight is 300 g/mol. The molecule has 0 radical (unpaired) electrons. The van der Waals surface area contributed by atoms with Crippen LogP contribution in [0.25, 0.3) is 0 Å². The van der Waals surface area contributed by atoms with Crippen molar-refractivity contribution in [3.63, 3.8) is 0 Å². The fourth-order valence-corrected chi connectivity index (χ4v) is 4.14. The molecule has 20 heavy (non-hydrogen) atoms. The van der Waals surface area contributed by atoms with Crippen molar-refractivity contribution < 1.29 is 13.2 Å². The van der Waals surface area contributed by atoms with Gasteiger partial charge in [0, 0.05) is 24.8 Å². The maximum Gasteiger partial charge on any atom is 0.238 e. The Kier molecular flexibility index (Phi) is 4.77. The number of rotatable bonds is 6. The van der Waals surface area contributed by atoms with Gasteiger partial charge in [0.2, 0.25) is 15.9 Å². The van der Waals surface area contributed by atoms with Gasteiger partial charge < -0.3 is 5.32 Å². The molecule has 0 saturated carbocycles. The van der Waals surface area contributed by atoms with Crippen LogP contribution in [-0.2, 0) is 21.4 Å². The van der Waals surface area contributed by atoms with E-state index >= 15 is 0 Å². The first kappa shape index (κ1) is 15.0. The summed E-state index contributed by atoms with van der Waals surface area (Å²) in [6, 6.07) is -0.571. The third-order valence-electron chi connectivity index (χ3n) is 3.35. The smallest absolute Gasteiger partial charge is 0.238 e. The highest BCUT2D eigenvalue weighted by Crippen LogP contribution is 2.22. The molecule has 8 heteroatoms. The Morgan fingerprint density at radius 2 is 2.40 bits per heavy atom. The first-order chi connectivity index (χ1) is 9.54. The second-order valence-corrected chi connectivity index (χ2v) is 6.95. The van der Waals surface area contributed by atoms with Crippen molar-refractivity contribution in [2.45, 2.75) is 38.8 Å². The maximum atomic E-state index is 12.2. The number of amides is 1. The Labute approximate surface area is 118 Å². The van der Waals surface area contributed by atoms with E-state index in [9.17, 15) is 13.2 Å². The molecule has 1 unspecified atom stereocenters. The van der Waals surface area contributed by atoms with Crippen LogP contribution in [0.5, 0.6) is 0 Å². The highest BCUT2D eigenvalue weighted by Gasteiger charge is 2.37. The summed E-state index contributed by atoms with van der Waals surface area (Å²) < 4.78 is 25.6. The number of sulfonamides is 1. The van der Waals surface area contributed by atoms with Crippen molar-refractivity contribution in [2.24, 2.45) is 0 Å². The van der Waals surface area contributed by atoms with Gasteiger partial charge in [0.15, 0.2) is 0 Å². The fraction of sp³-hybridized carbons (Fsp3) is 0.667. The van der Waals surface area contributed by atoms with Gasteiger partial charge in [-0.15, -0.1) is 0 Å². The number of nitrogens with one attached hydrogen (secondary N) is 2. The quantitative estimate of drug-likeness (QED) is 0.786. The normalized spacial score (nSPS) is 20.1. The van der Waals surface area contributed by atoms with E-state index in [0.29, 0.717) is 25.9 Å². The maximum absolute atomic E-state index is 12.2. The van der Waals surface area contributed by atoms with E-state index in [1.54, 1.807) is 12.4 Å². The standard InChI is InChI=1S/C12H20N4O3S/c1-2-6-20(18,19)16-5-3-4-11(16)12(17)13-7-10-8-14-15-9-10/h8-9,11H,2-7H2,1H3,(H,13,17)(H,14,15). The Bertz CT molecular complexity index is 541. The van der Waals surface area contributed by atoms with Crippen LogP contribution in [0.1, 0.15) is 31.7 Å². The van der Waals surface area contributed by atoms with E-state index < -0.39 is 16.1 Å². The van der Waals surface area contributed by atoms with Crippen LogP contribution in [0, 0.1) is 0 Å². The predicted octanol–water partition coefficient (Wildman–Crippen LogP) is 0.230. The number of carbonyl (C=O) groups is 1. The van der Waals surface area contributed by atoms with Crippen LogP contribution in [0.4, 0.5) is 0 Å². The third kappa shape index (κ3) is 3.37. The van der Waals surface area contributed by atoms with E-state index in [2.05, 4.69) is 15.5 Å². The first-order valence-corrected chi connectivity index (χ1v) is 8.40. The Balaban J connectivity index is 1.98. The molecular formula is C12H20N4O3S. The van der Waals surface area contributed by atoms with Crippen molar-refractivity contribution >= 4 is 15.9 Å². The molecule has 1 atom stereocenters. The lowest BCUT2D eigenvalue weighted by Crippen LogP contribution is -2.46. The second kappa shape index (κ2) is 6.36. The van der Waals surface area contributed by atoms with Gasteiger partial charge in [0.1, 0.15) is 6.04 Å². The summed E-state index contributed by atoms with van der Waals surface area (Å²) in [7, 11) is -3.32. The average Bonchev–Trinajstić information content (AvgIpc) is 3.07. The molecule has 112 valence electrons. The van der Waals surface area contributed by atoms with Gasteiger partial charge in [-0.05, 0) is 19.3 Å². The summed E-state index contributed by atoms with van der Waals surface area (Å²) in [5, 5.41) is 9.22. The van der Waals surface area contributed by atoms with E-state index in [4.69, 9.17) is 0 Å². The highest BCUT2D eigenvalue weighted by atomic mass is 32.2. The summed E-state index contributed by atoms with van der Waals surface area (Å²) in [5.41, 5.74) is 0.860. The minimum absolute atomic E-state index is 0.0957. The molecular weight excluding hydrogens is 280 g/mol. The van der Waals surface area contributed by atoms with Crippen LogP contribution < -0.4 is 5.32 Å². The fourth-order valence-electron chi connectivity index (χ4n) is 2.39. The molecule has 2 N–H and O–H groups in total. The molecule has 1 aliphatic heterocycles. The lowest BCUT2D eigenvalue weighted by molar-refractivity contribution is -0.124. The van der Waals surface area contributed by atoms with Gasteiger partial charge in [-0.25, -0.2) is 8.42 Å². The number of aromatic nitrogens is 2. The summed E-state index contributed by atoms with van der Waals surface area (Å²) in [4.78, 5) is 12.2. The van der Waals surface area contributed by atoms with Gasteiger partial charge in [0.25, 0.3) is 0 Å². The molecule has 0 aromatic carbocycles. The Morgan fingerprint density at radius 3 is 3.05 bits per heavy atom. The minimum Gasteiger partial charge on any atom is -0.351 e. The van der Waals surface area contributed by atoms with Gasteiger partial charge in [-0.3, -0.25) is 9.89 Å². The summed E-state index contributed by atoms with van der Waals surface area (Å²) in [5.74, 6) is -0.137. The molecule has 1 fully saturated rings. The van der Waals surface area contributed by atoms with Crippen LogP contribution in [-0.4, -0.2) is 47.2 Å². The van der Waals surface area contributed by atoms with Crippen LogP contribution in [0.15, 0.2) is 12.4 Å². The summed E-state index contributed by atoms with van der Waals surface area (Å²) in [6.45, 7) is 2.61. The van der Waals surface area contributed by atoms with Crippen LogP contribution in [0.2, 0.25) is 0 Å². The van der Waals surface area contributed by atoms with Crippen molar-refractivity contribution in [3.8, 4) is 0 Å². The zero-order valence-electron chi connectivity index (χ0n) is 11.5. The number of aromatic amines is 1. The molecule has 1 aromatic heterocycles. The molecule has 7 nitrogen and oxygen atoms in total. The zero-order chi connectivity index (χ0) is 14.6. The van der Waals surface area contributed by atoms with E-state index in [1.165, 1.54) is 4.31 Å². The van der Waals surface area contributed by atoms with Crippen molar-refractivity contribution in [1.82, 2.24) is 19.8 Å². The van der Waals surface area contributed by atoms with Crippen LogP contribution >= 0.6 is 0 Å². The van der Waals surface area contributed by atoms with E-state index in [-0.39, 0.29) is 11.7 Å². The van der Waals surface area contributed by atoms with E-state index in [0.717, 1.165) is 12.0 Å².